The first-order chi connectivity index (χ1) is 9.12. The maximum atomic E-state index is 12.3. The lowest BCUT2D eigenvalue weighted by atomic mass is 9.78. The van der Waals surface area contributed by atoms with Gasteiger partial charge in [-0.25, -0.2) is 13.1 Å². The average molecular weight is 342 g/mol. The molecule has 7 heteroatoms. The summed E-state index contributed by atoms with van der Waals surface area (Å²) in [5.74, 6) is 3.79. The zero-order chi connectivity index (χ0) is 17.1. The molecule has 0 aromatic heterocycles. The molecule has 128 valence electrons. The van der Waals surface area contributed by atoms with Crippen molar-refractivity contribution in [3.63, 3.8) is 0 Å². The van der Waals surface area contributed by atoms with Crippen molar-refractivity contribution in [2.45, 2.75) is 51.9 Å². The second kappa shape index (κ2) is 6.98. The minimum absolute atomic E-state index is 0.206. The van der Waals surface area contributed by atoms with Gasteiger partial charge in [0.15, 0.2) is 0 Å². The van der Waals surface area contributed by atoms with Crippen molar-refractivity contribution in [2.24, 2.45) is 5.41 Å². The minimum Gasteiger partial charge on any atom is -0.377 e. The lowest BCUT2D eigenvalue weighted by Crippen LogP contribution is -2.47. The van der Waals surface area contributed by atoms with Crippen LogP contribution in [0.2, 0.25) is 0 Å². The summed E-state index contributed by atoms with van der Waals surface area (Å²) in [7, 11) is -5.49. The van der Waals surface area contributed by atoms with Gasteiger partial charge in [-0.1, -0.05) is 13.8 Å². The molecule has 0 saturated carbocycles. The molecule has 0 rings (SSSR count). The van der Waals surface area contributed by atoms with Crippen molar-refractivity contribution < 1.29 is 17.4 Å². The molecule has 1 N–H and O–H groups in total. The highest BCUT2D eigenvalue weighted by Gasteiger charge is 2.38. The van der Waals surface area contributed by atoms with Gasteiger partial charge in [0.2, 0.25) is 10.0 Å². The van der Waals surface area contributed by atoms with E-state index in [0.29, 0.717) is 13.0 Å². The number of ether oxygens (including phenoxy) is 1. The Morgan fingerprint density at radius 2 is 1.62 bits per heavy atom. The number of hydrogen-bond donors (Lipinski definition) is 1. The third kappa shape index (κ3) is 7.13. The number of sulfonamides is 1. The Bertz CT molecular complexity index is 533. The molecular weight excluding hydrogens is 310 g/mol. The fourth-order valence-electron chi connectivity index (χ4n) is 2.35. The summed E-state index contributed by atoms with van der Waals surface area (Å²) in [5.41, 5.74) is -0.340. The average Bonchev–Trinajstić information content (AvgIpc) is 2.19. The molecule has 0 bridgehead atoms. The summed E-state index contributed by atoms with van der Waals surface area (Å²) >= 11 is 0. The molecule has 0 heterocycles. The molecule has 0 aromatic carbocycles. The number of hydrogen-bond acceptors (Lipinski definition) is 4. The molecule has 0 aliphatic carbocycles. The van der Waals surface area contributed by atoms with Crippen LogP contribution in [-0.2, 0) is 24.3 Å². The van der Waals surface area contributed by atoms with Crippen molar-refractivity contribution in [1.29, 1.82) is 0 Å². The standard InChI is InChI=1S/C14H31NO4S2/c1-9-19-12(10-15-21(8,17)18)13(2,3)11-14(4,5)20(6,7)16/h12,15H,6,9-11H2,1-5,7-8H3. The van der Waals surface area contributed by atoms with E-state index in [2.05, 4.69) is 10.6 Å². The smallest absolute Gasteiger partial charge is 0.208 e. The second-order valence-electron chi connectivity index (χ2n) is 6.99. The van der Waals surface area contributed by atoms with E-state index in [4.69, 9.17) is 4.74 Å². The van der Waals surface area contributed by atoms with Crippen LogP contribution in [0.4, 0.5) is 0 Å². The Morgan fingerprint density at radius 1 is 1.14 bits per heavy atom. The van der Waals surface area contributed by atoms with Crippen LogP contribution in [0.15, 0.2) is 0 Å². The SMILES string of the molecule is C=S(C)(=O)C(C)(C)CC(C)(C)C(CNS(C)(=O)=O)OCC. The van der Waals surface area contributed by atoms with Crippen LogP contribution in [-0.4, -0.2) is 55.0 Å². The van der Waals surface area contributed by atoms with Gasteiger partial charge in [-0.05, 0) is 48.0 Å². The fraction of sp³-hybridized carbons (Fsp3) is 0.929. The zero-order valence-electron chi connectivity index (χ0n) is 14.4. The molecule has 0 aliphatic rings. The van der Waals surface area contributed by atoms with Crippen molar-refractivity contribution >= 4 is 25.4 Å². The molecule has 0 aromatic rings. The van der Waals surface area contributed by atoms with E-state index in [-0.39, 0.29) is 18.1 Å². The van der Waals surface area contributed by atoms with Gasteiger partial charge in [0, 0.05) is 24.2 Å². The molecule has 2 atom stereocenters. The highest BCUT2D eigenvalue weighted by atomic mass is 32.2. The topological polar surface area (TPSA) is 72.5 Å². The summed E-state index contributed by atoms with van der Waals surface area (Å²) in [4.78, 5) is 0. The summed E-state index contributed by atoms with van der Waals surface area (Å²) in [6.45, 7) is 10.4. The zero-order valence-corrected chi connectivity index (χ0v) is 16.0. The van der Waals surface area contributed by atoms with Gasteiger partial charge in [0.05, 0.1) is 12.4 Å². The Kier molecular flexibility index (Phi) is 6.94. The van der Waals surface area contributed by atoms with Crippen LogP contribution < -0.4 is 4.72 Å². The molecule has 0 radical (unpaired) electrons. The molecule has 0 saturated heterocycles. The Morgan fingerprint density at radius 3 is 1.95 bits per heavy atom. The Hall–Kier alpha value is -0.110. The van der Waals surface area contributed by atoms with Crippen LogP contribution in [0.5, 0.6) is 0 Å². The van der Waals surface area contributed by atoms with E-state index in [9.17, 15) is 12.6 Å². The molecule has 0 fully saturated rings. The van der Waals surface area contributed by atoms with Crippen molar-refractivity contribution in [2.75, 3.05) is 25.7 Å². The van der Waals surface area contributed by atoms with Crippen LogP contribution >= 0.6 is 0 Å². The molecule has 5 nitrogen and oxygen atoms in total. The second-order valence-corrected chi connectivity index (χ2v) is 11.9. The van der Waals surface area contributed by atoms with Gasteiger partial charge in [0.25, 0.3) is 0 Å². The molecule has 0 amide bonds. The first kappa shape index (κ1) is 20.9. The van der Waals surface area contributed by atoms with Gasteiger partial charge in [-0.15, -0.1) is 0 Å². The number of nitrogens with one attached hydrogen (secondary N) is 1. The van der Waals surface area contributed by atoms with E-state index < -0.39 is 24.3 Å². The van der Waals surface area contributed by atoms with Crippen LogP contribution in [0, 0.1) is 5.41 Å². The van der Waals surface area contributed by atoms with Crippen molar-refractivity contribution in [3.05, 3.63) is 0 Å². The first-order valence-electron chi connectivity index (χ1n) is 7.00. The lowest BCUT2D eigenvalue weighted by Gasteiger charge is -2.40. The Labute approximate surface area is 130 Å². The van der Waals surface area contributed by atoms with E-state index >= 15 is 0 Å². The third-order valence-electron chi connectivity index (χ3n) is 3.82. The van der Waals surface area contributed by atoms with Crippen molar-refractivity contribution in [3.8, 4) is 0 Å². The van der Waals surface area contributed by atoms with Crippen molar-refractivity contribution in [1.82, 2.24) is 4.72 Å². The Balaban J connectivity index is 5.20. The highest BCUT2D eigenvalue weighted by molar-refractivity contribution is 8.00. The van der Waals surface area contributed by atoms with Gasteiger partial charge in [-0.2, -0.15) is 0 Å². The minimum atomic E-state index is -3.27. The summed E-state index contributed by atoms with van der Waals surface area (Å²) in [6, 6.07) is 0. The summed E-state index contributed by atoms with van der Waals surface area (Å²) in [6.07, 6.45) is 3.11. The van der Waals surface area contributed by atoms with E-state index in [0.717, 1.165) is 6.26 Å². The van der Waals surface area contributed by atoms with E-state index in [1.165, 1.54) is 0 Å². The maximum Gasteiger partial charge on any atom is 0.208 e. The predicted octanol–water partition coefficient (Wildman–Crippen LogP) is 1.48. The lowest BCUT2D eigenvalue weighted by molar-refractivity contribution is -0.0225. The van der Waals surface area contributed by atoms with Gasteiger partial charge in [0.1, 0.15) is 0 Å². The normalized spacial score (nSPS) is 18.2. The van der Waals surface area contributed by atoms with Crippen LogP contribution in [0.25, 0.3) is 0 Å². The van der Waals surface area contributed by atoms with Gasteiger partial charge in [-0.3, -0.25) is 4.21 Å². The van der Waals surface area contributed by atoms with Crippen LogP contribution in [0.3, 0.4) is 0 Å². The molecule has 0 aliphatic heterocycles. The first-order valence-corrected chi connectivity index (χ1v) is 11.0. The largest absolute Gasteiger partial charge is 0.377 e. The van der Waals surface area contributed by atoms with Gasteiger partial charge >= 0.3 is 0 Å². The number of rotatable bonds is 9. The molecule has 0 spiro atoms. The monoisotopic (exact) mass is 341 g/mol. The van der Waals surface area contributed by atoms with Gasteiger partial charge < -0.3 is 4.74 Å². The molecule has 2 unspecified atom stereocenters. The molecule has 21 heavy (non-hydrogen) atoms. The maximum absolute atomic E-state index is 12.3. The quantitative estimate of drug-likeness (QED) is 0.645. The third-order valence-corrected chi connectivity index (χ3v) is 6.99. The van der Waals surface area contributed by atoms with Crippen LogP contribution in [0.1, 0.15) is 41.0 Å². The van der Waals surface area contributed by atoms with E-state index in [1.54, 1.807) is 6.26 Å². The highest BCUT2D eigenvalue weighted by Crippen LogP contribution is 2.36. The predicted molar refractivity (Wildman–Crippen MR) is 91.9 cm³/mol. The van der Waals surface area contributed by atoms with E-state index in [1.807, 2.05) is 34.6 Å². The fourth-order valence-corrected chi connectivity index (χ4v) is 3.48. The summed E-state index contributed by atoms with van der Waals surface area (Å²) < 4.78 is 42.7. The summed E-state index contributed by atoms with van der Waals surface area (Å²) in [5, 5.41) is 0. The molecular formula is C14H31NO4S2.